The number of fused-ring (bicyclic) bond motifs is 2. The fourth-order valence-electron chi connectivity index (χ4n) is 4.62. The molecule has 1 aliphatic heterocycles. The molecule has 0 N–H and O–H groups in total. The Labute approximate surface area is 155 Å². The number of piperazine rings is 1. The van der Waals surface area contributed by atoms with E-state index in [0.29, 0.717) is 0 Å². The van der Waals surface area contributed by atoms with Crippen LogP contribution in [0.5, 0.6) is 0 Å². The Bertz CT molecular complexity index is 892. The summed E-state index contributed by atoms with van der Waals surface area (Å²) in [4.78, 5) is 5.11. The predicted octanol–water partition coefficient (Wildman–Crippen LogP) is 4.67. The van der Waals surface area contributed by atoms with Gasteiger partial charge in [0.1, 0.15) is 0 Å². The maximum atomic E-state index is 5.71. The smallest absolute Gasteiger partial charge is 0.157 e. The Kier molecular flexibility index (Phi) is 4.18. The molecule has 2 heterocycles. The fourth-order valence-corrected chi connectivity index (χ4v) is 4.62. The van der Waals surface area contributed by atoms with Crippen LogP contribution < -0.4 is 4.90 Å². The van der Waals surface area contributed by atoms with Crippen molar-refractivity contribution in [3.8, 4) is 0 Å². The summed E-state index contributed by atoms with van der Waals surface area (Å²) in [6.07, 6.45) is 5.73. The van der Waals surface area contributed by atoms with Gasteiger partial charge in [0.2, 0.25) is 0 Å². The Balaban J connectivity index is 1.12. The quantitative estimate of drug-likeness (QED) is 0.669. The fraction of sp³-hybridized carbons (Fsp3) is 0.391. The number of anilines is 1. The van der Waals surface area contributed by atoms with Crippen molar-refractivity contribution < 1.29 is 4.42 Å². The number of hydrogen-bond acceptors (Lipinski definition) is 3. The monoisotopic (exact) mass is 346 g/mol. The van der Waals surface area contributed by atoms with Gasteiger partial charge >= 0.3 is 0 Å². The molecule has 0 amide bonds. The third kappa shape index (κ3) is 2.90. The molecule has 2 aliphatic rings. The van der Waals surface area contributed by atoms with Crippen molar-refractivity contribution in [1.82, 2.24) is 4.90 Å². The molecule has 3 aromatic rings. The van der Waals surface area contributed by atoms with E-state index < -0.39 is 0 Å². The van der Waals surface area contributed by atoms with Crippen LogP contribution >= 0.6 is 0 Å². The van der Waals surface area contributed by atoms with Gasteiger partial charge in [-0.25, -0.2) is 0 Å². The summed E-state index contributed by atoms with van der Waals surface area (Å²) >= 11 is 0. The van der Waals surface area contributed by atoms with Crippen LogP contribution in [0.2, 0.25) is 0 Å². The lowest BCUT2D eigenvalue weighted by Crippen LogP contribution is -2.46. The molecule has 2 aromatic carbocycles. The third-order valence-corrected chi connectivity index (χ3v) is 6.16. The van der Waals surface area contributed by atoms with Crippen molar-refractivity contribution in [2.75, 3.05) is 37.6 Å². The molecule has 0 radical (unpaired) electrons. The molecule has 1 fully saturated rings. The number of para-hydroxylation sites is 1. The van der Waals surface area contributed by atoms with Crippen molar-refractivity contribution in [3.05, 3.63) is 65.9 Å². The van der Waals surface area contributed by atoms with E-state index in [1.807, 2.05) is 6.07 Å². The second-order valence-electron chi connectivity index (χ2n) is 7.69. The second-order valence-corrected chi connectivity index (χ2v) is 7.69. The van der Waals surface area contributed by atoms with Crippen LogP contribution in [0.15, 0.2) is 59.2 Å². The molecule has 1 aliphatic carbocycles. The number of hydrogen-bond donors (Lipinski definition) is 0. The summed E-state index contributed by atoms with van der Waals surface area (Å²) in [5.41, 5.74) is 5.45. The van der Waals surface area contributed by atoms with Gasteiger partial charge in [0.05, 0.1) is 12.0 Å². The second kappa shape index (κ2) is 6.81. The number of nitrogens with zero attached hydrogens (tertiary/aromatic N) is 2. The van der Waals surface area contributed by atoms with Gasteiger partial charge in [-0.15, -0.1) is 0 Å². The summed E-state index contributed by atoms with van der Waals surface area (Å²) in [5, 5.41) is 1.20. The summed E-state index contributed by atoms with van der Waals surface area (Å²) in [6.45, 7) is 5.71. The van der Waals surface area contributed by atoms with Crippen molar-refractivity contribution in [1.29, 1.82) is 0 Å². The Morgan fingerprint density at radius 3 is 2.69 bits per heavy atom. The average molecular weight is 346 g/mol. The highest BCUT2D eigenvalue weighted by molar-refractivity contribution is 5.89. The van der Waals surface area contributed by atoms with Crippen LogP contribution in [0, 0.1) is 0 Å². The lowest BCUT2D eigenvalue weighted by Gasteiger charge is -2.36. The van der Waals surface area contributed by atoms with Gasteiger partial charge in [-0.3, -0.25) is 4.90 Å². The first-order chi connectivity index (χ1) is 12.9. The first kappa shape index (κ1) is 16.0. The molecule has 0 spiro atoms. The van der Waals surface area contributed by atoms with E-state index in [1.165, 1.54) is 36.9 Å². The Morgan fingerprint density at radius 2 is 1.81 bits per heavy atom. The van der Waals surface area contributed by atoms with Gasteiger partial charge < -0.3 is 9.32 Å². The summed E-state index contributed by atoms with van der Waals surface area (Å²) in [5.74, 6) is 0.809. The van der Waals surface area contributed by atoms with Crippen LogP contribution in [-0.4, -0.2) is 37.6 Å². The van der Waals surface area contributed by atoms with Crippen molar-refractivity contribution >= 4 is 16.7 Å². The molecule has 26 heavy (non-hydrogen) atoms. The topological polar surface area (TPSA) is 19.6 Å². The Hall–Kier alpha value is -2.26. The van der Waals surface area contributed by atoms with Gasteiger partial charge in [0, 0.05) is 31.6 Å². The number of furan rings is 1. The zero-order valence-electron chi connectivity index (χ0n) is 15.2. The summed E-state index contributed by atoms with van der Waals surface area (Å²) in [7, 11) is 0. The lowest BCUT2D eigenvalue weighted by atomic mass is 9.75. The van der Waals surface area contributed by atoms with Crippen LogP contribution in [-0.2, 0) is 6.42 Å². The predicted molar refractivity (Wildman–Crippen MR) is 107 cm³/mol. The minimum absolute atomic E-state index is 0.809. The van der Waals surface area contributed by atoms with E-state index in [1.54, 1.807) is 17.4 Å². The van der Waals surface area contributed by atoms with E-state index in [4.69, 9.17) is 4.42 Å². The first-order valence-electron chi connectivity index (χ1n) is 9.90. The van der Waals surface area contributed by atoms with Gasteiger partial charge in [-0.05, 0) is 55.0 Å². The molecule has 1 aromatic heterocycles. The lowest BCUT2D eigenvalue weighted by molar-refractivity contribution is 0.249. The highest BCUT2D eigenvalue weighted by atomic mass is 16.3. The molecule has 0 unspecified atom stereocenters. The molecule has 0 saturated carbocycles. The van der Waals surface area contributed by atoms with Crippen LogP contribution in [0.1, 0.15) is 29.9 Å². The van der Waals surface area contributed by atoms with Crippen molar-refractivity contribution in [2.45, 2.75) is 25.2 Å². The van der Waals surface area contributed by atoms with E-state index >= 15 is 0 Å². The van der Waals surface area contributed by atoms with Crippen LogP contribution in [0.3, 0.4) is 0 Å². The van der Waals surface area contributed by atoms with Gasteiger partial charge in [0.25, 0.3) is 0 Å². The zero-order valence-corrected chi connectivity index (χ0v) is 15.2. The molecule has 1 saturated heterocycles. The highest BCUT2D eigenvalue weighted by Crippen LogP contribution is 2.38. The maximum Gasteiger partial charge on any atom is 0.157 e. The molecule has 134 valence electrons. The molecule has 3 nitrogen and oxygen atoms in total. The molecule has 0 bridgehead atoms. The molecule has 5 rings (SSSR count). The third-order valence-electron chi connectivity index (χ3n) is 6.16. The minimum atomic E-state index is 0.809. The highest BCUT2D eigenvalue weighted by Gasteiger charge is 2.25. The summed E-state index contributed by atoms with van der Waals surface area (Å²) < 4.78 is 5.71. The van der Waals surface area contributed by atoms with Crippen LogP contribution in [0.4, 0.5) is 5.69 Å². The molecule has 1 atom stereocenters. The Morgan fingerprint density at radius 1 is 0.923 bits per heavy atom. The largest absolute Gasteiger partial charge is 0.462 e. The van der Waals surface area contributed by atoms with E-state index in [2.05, 4.69) is 52.3 Å². The number of benzene rings is 2. The summed E-state index contributed by atoms with van der Waals surface area (Å²) in [6, 6.07) is 17.4. The maximum absolute atomic E-state index is 5.71. The number of rotatable bonds is 5. The minimum Gasteiger partial charge on any atom is -0.462 e. The van der Waals surface area contributed by atoms with Crippen molar-refractivity contribution in [2.24, 2.45) is 0 Å². The van der Waals surface area contributed by atoms with Gasteiger partial charge in [-0.2, -0.15) is 0 Å². The van der Waals surface area contributed by atoms with Crippen LogP contribution in [0.25, 0.3) is 11.0 Å². The van der Waals surface area contributed by atoms with E-state index in [-0.39, 0.29) is 0 Å². The SMILES string of the molecule is c1ccc2c(c1)C[C@H]2CCCN1CCN(c2cccc3ccoc23)CC1. The van der Waals surface area contributed by atoms with Gasteiger partial charge in [0.15, 0.2) is 5.58 Å². The normalized spacial score (nSPS) is 20.2. The van der Waals surface area contributed by atoms with Gasteiger partial charge in [-0.1, -0.05) is 36.4 Å². The molecular weight excluding hydrogens is 320 g/mol. The van der Waals surface area contributed by atoms with E-state index in [9.17, 15) is 0 Å². The van der Waals surface area contributed by atoms with E-state index in [0.717, 1.165) is 37.7 Å². The zero-order chi connectivity index (χ0) is 17.3. The molecular formula is C23H26N2O. The average Bonchev–Trinajstić information content (AvgIpc) is 3.15. The van der Waals surface area contributed by atoms with Crippen molar-refractivity contribution in [3.63, 3.8) is 0 Å². The standard InChI is InChI=1S/C23H26N2O/c1-2-8-21-19(5-1)17-20(21)7-4-11-24-12-14-25(15-13-24)22-9-3-6-18-10-16-26-23(18)22/h1-3,5-6,8-10,16,20H,4,7,11-15,17H2/t20-/m1/s1. The first-order valence-corrected chi connectivity index (χ1v) is 9.90. The molecule has 3 heteroatoms.